The van der Waals surface area contributed by atoms with Gasteiger partial charge in [-0.1, -0.05) is 18.2 Å². The molecule has 1 aliphatic heterocycles. The summed E-state index contributed by atoms with van der Waals surface area (Å²) in [4.78, 5) is 52.1. The zero-order valence-electron chi connectivity index (χ0n) is 17.7. The highest BCUT2D eigenvalue weighted by atomic mass is 16.5. The van der Waals surface area contributed by atoms with Gasteiger partial charge in [0.15, 0.2) is 0 Å². The van der Waals surface area contributed by atoms with Crippen LogP contribution in [0.25, 0.3) is 0 Å². The topological polar surface area (TPSA) is 93.2 Å². The molecule has 1 heterocycles. The number of rotatable bonds is 8. The second-order valence-electron chi connectivity index (χ2n) is 7.18. The Balaban J connectivity index is 1.76. The number of ether oxygens (including phenoxy) is 2. The van der Waals surface area contributed by atoms with E-state index in [0.717, 1.165) is 0 Å². The molecule has 0 spiro atoms. The second kappa shape index (κ2) is 9.42. The molecule has 0 saturated heterocycles. The molecule has 8 heteroatoms. The van der Waals surface area contributed by atoms with Crippen LogP contribution in [0.1, 0.15) is 49.5 Å². The third-order valence-corrected chi connectivity index (χ3v) is 5.16. The Hall–Kier alpha value is -3.68. The number of hydrogen-bond donors (Lipinski definition) is 0. The van der Waals surface area contributed by atoms with Gasteiger partial charge in [-0.25, -0.2) is 0 Å². The molecule has 0 radical (unpaired) electrons. The van der Waals surface area contributed by atoms with E-state index in [-0.39, 0.29) is 36.7 Å². The number of methoxy groups -OCH3 is 2. The molecule has 3 amide bonds. The molecule has 162 valence electrons. The smallest absolute Gasteiger partial charge is 0.305 e. The average molecular weight is 424 g/mol. The minimum atomic E-state index is -0.357. The fourth-order valence-corrected chi connectivity index (χ4v) is 3.46. The number of amides is 3. The summed E-state index contributed by atoms with van der Waals surface area (Å²) in [5.41, 5.74) is 1.70. The van der Waals surface area contributed by atoms with Crippen LogP contribution < -0.4 is 4.74 Å². The largest absolute Gasteiger partial charge is 0.496 e. The molecule has 1 aliphatic rings. The van der Waals surface area contributed by atoms with Crippen LogP contribution in [0.4, 0.5) is 0 Å². The van der Waals surface area contributed by atoms with Crippen LogP contribution in [0.3, 0.4) is 0 Å². The lowest BCUT2D eigenvalue weighted by Gasteiger charge is -2.20. The Labute approximate surface area is 180 Å². The van der Waals surface area contributed by atoms with Gasteiger partial charge in [0.1, 0.15) is 5.75 Å². The molecule has 0 atom stereocenters. The quantitative estimate of drug-likeness (QED) is 0.478. The third-order valence-electron chi connectivity index (χ3n) is 5.16. The standard InChI is InChI=1S/C23H24N2O6/c1-24(12-6-9-20(26)31-3)21(27)18-13-15(10-11-19(18)30-2)14-25-22(28)16-7-4-5-8-17(16)23(25)29/h4-5,7-8,10-11,13H,6,9,12,14H2,1-3H3. The monoisotopic (exact) mass is 424 g/mol. The number of esters is 1. The van der Waals surface area contributed by atoms with Gasteiger partial charge in [-0.2, -0.15) is 0 Å². The van der Waals surface area contributed by atoms with E-state index in [2.05, 4.69) is 4.74 Å². The first-order valence-corrected chi connectivity index (χ1v) is 9.81. The average Bonchev–Trinajstić information content (AvgIpc) is 3.03. The van der Waals surface area contributed by atoms with E-state index in [1.807, 2.05) is 0 Å². The van der Waals surface area contributed by atoms with Crippen molar-refractivity contribution in [1.29, 1.82) is 0 Å². The Morgan fingerprint density at radius 1 is 1.00 bits per heavy atom. The molecular formula is C23H24N2O6. The van der Waals surface area contributed by atoms with Gasteiger partial charge in [-0.3, -0.25) is 24.1 Å². The van der Waals surface area contributed by atoms with Crippen molar-refractivity contribution in [3.63, 3.8) is 0 Å². The number of fused-ring (bicyclic) bond motifs is 1. The number of carbonyl (C=O) groups excluding carboxylic acids is 4. The van der Waals surface area contributed by atoms with Gasteiger partial charge < -0.3 is 14.4 Å². The molecule has 2 aromatic carbocycles. The molecule has 2 aromatic rings. The van der Waals surface area contributed by atoms with E-state index >= 15 is 0 Å². The molecule has 0 unspecified atom stereocenters. The molecule has 0 saturated carbocycles. The molecule has 31 heavy (non-hydrogen) atoms. The molecule has 8 nitrogen and oxygen atoms in total. The molecule has 3 rings (SSSR count). The van der Waals surface area contributed by atoms with Gasteiger partial charge in [0.05, 0.1) is 37.5 Å². The zero-order valence-corrected chi connectivity index (χ0v) is 17.7. The van der Waals surface area contributed by atoms with Crippen LogP contribution in [0.2, 0.25) is 0 Å². The van der Waals surface area contributed by atoms with Gasteiger partial charge >= 0.3 is 5.97 Å². The van der Waals surface area contributed by atoms with Crippen LogP contribution in [0.15, 0.2) is 42.5 Å². The normalized spacial score (nSPS) is 12.5. The van der Waals surface area contributed by atoms with E-state index < -0.39 is 0 Å². The van der Waals surface area contributed by atoms with Crippen molar-refractivity contribution in [1.82, 2.24) is 9.80 Å². The van der Waals surface area contributed by atoms with Gasteiger partial charge in [-0.05, 0) is 36.2 Å². The molecular weight excluding hydrogens is 400 g/mol. The Kier molecular flexibility index (Phi) is 6.69. The maximum atomic E-state index is 12.9. The van der Waals surface area contributed by atoms with Crippen LogP contribution in [0.5, 0.6) is 5.75 Å². The van der Waals surface area contributed by atoms with Gasteiger partial charge in [0.25, 0.3) is 17.7 Å². The third kappa shape index (κ3) is 4.58. The van der Waals surface area contributed by atoms with Gasteiger partial charge in [-0.15, -0.1) is 0 Å². The molecule has 0 fully saturated rings. The fraction of sp³-hybridized carbons (Fsp3) is 0.304. The Morgan fingerprint density at radius 2 is 1.65 bits per heavy atom. The number of hydrogen-bond acceptors (Lipinski definition) is 6. The van der Waals surface area contributed by atoms with Crippen molar-refractivity contribution in [2.45, 2.75) is 19.4 Å². The van der Waals surface area contributed by atoms with Gasteiger partial charge in [0.2, 0.25) is 0 Å². The highest BCUT2D eigenvalue weighted by molar-refractivity contribution is 6.21. The highest BCUT2D eigenvalue weighted by Gasteiger charge is 2.35. The van der Waals surface area contributed by atoms with Gasteiger partial charge in [0, 0.05) is 20.0 Å². The predicted molar refractivity (Wildman–Crippen MR) is 112 cm³/mol. The summed E-state index contributed by atoms with van der Waals surface area (Å²) in [5, 5.41) is 0. The van der Waals surface area contributed by atoms with E-state index in [4.69, 9.17) is 4.74 Å². The lowest BCUT2D eigenvalue weighted by atomic mass is 10.1. The first-order chi connectivity index (χ1) is 14.9. The maximum Gasteiger partial charge on any atom is 0.305 e. The summed E-state index contributed by atoms with van der Waals surface area (Å²) in [6.07, 6.45) is 0.678. The Bertz CT molecular complexity index is 997. The van der Waals surface area contributed by atoms with Crippen molar-refractivity contribution in [2.75, 3.05) is 27.8 Å². The molecule has 0 aromatic heterocycles. The van der Waals surface area contributed by atoms with Crippen LogP contribution in [-0.2, 0) is 16.1 Å². The second-order valence-corrected chi connectivity index (χ2v) is 7.18. The molecule has 0 aliphatic carbocycles. The van der Waals surface area contributed by atoms with E-state index in [1.165, 1.54) is 24.0 Å². The van der Waals surface area contributed by atoms with Crippen LogP contribution >= 0.6 is 0 Å². The first kappa shape index (κ1) is 22.0. The summed E-state index contributed by atoms with van der Waals surface area (Å²) in [5.74, 6) is -0.948. The number of benzene rings is 2. The summed E-state index contributed by atoms with van der Waals surface area (Å²) >= 11 is 0. The predicted octanol–water partition coefficient (Wildman–Crippen LogP) is 2.52. The molecule has 0 bridgehead atoms. The summed E-state index contributed by atoms with van der Waals surface area (Å²) in [7, 11) is 4.42. The minimum Gasteiger partial charge on any atom is -0.496 e. The summed E-state index contributed by atoms with van der Waals surface area (Å²) < 4.78 is 9.94. The van der Waals surface area contributed by atoms with Crippen LogP contribution in [-0.4, -0.2) is 61.3 Å². The maximum absolute atomic E-state index is 12.9. The van der Waals surface area contributed by atoms with E-state index in [0.29, 0.717) is 41.0 Å². The summed E-state index contributed by atoms with van der Waals surface area (Å²) in [6, 6.07) is 11.7. The van der Waals surface area contributed by atoms with Crippen molar-refractivity contribution >= 4 is 23.7 Å². The van der Waals surface area contributed by atoms with Crippen molar-refractivity contribution < 1.29 is 28.7 Å². The summed E-state index contributed by atoms with van der Waals surface area (Å²) in [6.45, 7) is 0.405. The molecule has 0 N–H and O–H groups in total. The Morgan fingerprint density at radius 3 is 2.23 bits per heavy atom. The lowest BCUT2D eigenvalue weighted by molar-refractivity contribution is -0.140. The highest BCUT2D eigenvalue weighted by Crippen LogP contribution is 2.27. The number of nitrogens with zero attached hydrogens (tertiary/aromatic N) is 2. The van der Waals surface area contributed by atoms with Crippen molar-refractivity contribution in [2.24, 2.45) is 0 Å². The SMILES string of the molecule is COC(=O)CCCN(C)C(=O)c1cc(CN2C(=O)c3ccccc3C2=O)ccc1OC. The van der Waals surface area contributed by atoms with Crippen LogP contribution in [0, 0.1) is 0 Å². The fourth-order valence-electron chi connectivity index (χ4n) is 3.46. The van der Waals surface area contributed by atoms with Crippen molar-refractivity contribution in [3.8, 4) is 5.75 Å². The first-order valence-electron chi connectivity index (χ1n) is 9.81. The van der Waals surface area contributed by atoms with E-state index in [1.54, 1.807) is 49.5 Å². The zero-order chi connectivity index (χ0) is 22.5. The lowest BCUT2D eigenvalue weighted by Crippen LogP contribution is -2.30. The number of imide groups is 1. The van der Waals surface area contributed by atoms with Crippen molar-refractivity contribution in [3.05, 3.63) is 64.7 Å². The number of carbonyl (C=O) groups is 4. The van der Waals surface area contributed by atoms with E-state index in [9.17, 15) is 19.2 Å². The minimum absolute atomic E-state index is 0.0443.